The number of benzene rings is 2. The molecule has 3 nitrogen and oxygen atoms in total. The lowest BCUT2D eigenvalue weighted by Crippen LogP contribution is -1.80. The van der Waals surface area contributed by atoms with Crippen LogP contribution in [-0.4, -0.2) is 15.0 Å². The van der Waals surface area contributed by atoms with Gasteiger partial charge >= 0.3 is 0 Å². The van der Waals surface area contributed by atoms with Gasteiger partial charge in [0.25, 0.3) is 0 Å². The first-order valence-electron chi connectivity index (χ1n) is 7.86. The van der Waals surface area contributed by atoms with Crippen LogP contribution in [0, 0.1) is 0 Å². The summed E-state index contributed by atoms with van der Waals surface area (Å²) in [5.74, 6) is 0. The molecule has 0 radical (unpaired) electrons. The van der Waals surface area contributed by atoms with Crippen molar-refractivity contribution in [3.05, 3.63) is 70.8 Å². The normalized spacial score (nSPS) is 11.4. The molecule has 0 unspecified atom stereocenters. The number of rotatable bonds is 2. The smallest absolute Gasteiger partial charge is 0.137 e. The largest absolute Gasteiger partial charge is 0.345 e. The van der Waals surface area contributed by atoms with Gasteiger partial charge in [-0.25, -0.2) is 9.97 Å². The van der Waals surface area contributed by atoms with Crippen molar-refractivity contribution >= 4 is 49.1 Å². The molecule has 5 heteroatoms. The Morgan fingerprint density at radius 2 is 1.88 bits per heavy atom. The fourth-order valence-electron chi connectivity index (χ4n) is 3.04. The number of H-pyrrole nitrogens is 1. The van der Waals surface area contributed by atoms with Gasteiger partial charge in [0.1, 0.15) is 10.7 Å². The molecule has 5 rings (SSSR count). The average molecular weight is 406 g/mol. The van der Waals surface area contributed by atoms with E-state index < -0.39 is 0 Å². The third-order valence-electron chi connectivity index (χ3n) is 4.27. The van der Waals surface area contributed by atoms with Gasteiger partial charge in [0.15, 0.2) is 0 Å². The van der Waals surface area contributed by atoms with Crippen LogP contribution in [0.4, 0.5) is 0 Å². The van der Waals surface area contributed by atoms with Crippen molar-refractivity contribution in [1.29, 1.82) is 0 Å². The summed E-state index contributed by atoms with van der Waals surface area (Å²) in [5, 5.41) is 6.68. The third-order valence-corrected chi connectivity index (χ3v) is 5.60. The number of fused-ring (bicyclic) bond motifs is 2. The van der Waals surface area contributed by atoms with Gasteiger partial charge in [-0.15, -0.1) is 11.3 Å². The fourth-order valence-corrected chi connectivity index (χ4v) is 4.19. The molecule has 3 aromatic heterocycles. The van der Waals surface area contributed by atoms with Crippen molar-refractivity contribution in [1.82, 2.24) is 15.0 Å². The van der Waals surface area contributed by atoms with Gasteiger partial charge in [0, 0.05) is 38.8 Å². The van der Waals surface area contributed by atoms with E-state index in [1.54, 1.807) is 17.5 Å². The molecular weight excluding hydrogens is 394 g/mol. The Hall–Kier alpha value is -2.50. The van der Waals surface area contributed by atoms with Gasteiger partial charge in [-0.3, -0.25) is 0 Å². The summed E-state index contributed by atoms with van der Waals surface area (Å²) < 4.78 is 0.964. The summed E-state index contributed by atoms with van der Waals surface area (Å²) in [6.07, 6.45) is 3.77. The number of aromatic nitrogens is 3. The molecular formula is C20H12BrN3S. The molecule has 25 heavy (non-hydrogen) atoms. The first kappa shape index (κ1) is 14.8. The Morgan fingerprint density at radius 3 is 2.80 bits per heavy atom. The lowest BCUT2D eigenvalue weighted by Gasteiger charge is -2.00. The van der Waals surface area contributed by atoms with Crippen LogP contribution in [-0.2, 0) is 0 Å². The molecule has 0 fully saturated rings. The van der Waals surface area contributed by atoms with Gasteiger partial charge in [-0.05, 0) is 38.8 Å². The molecule has 0 bridgehead atoms. The number of halogens is 1. The highest BCUT2D eigenvalue weighted by atomic mass is 79.9. The number of nitrogens with one attached hydrogen (secondary N) is 1. The fraction of sp³-hybridized carbons (Fsp3) is 0. The molecule has 120 valence electrons. The van der Waals surface area contributed by atoms with E-state index in [2.05, 4.69) is 79.8 Å². The summed E-state index contributed by atoms with van der Waals surface area (Å²) in [6, 6.07) is 17.0. The molecule has 1 N–H and O–H groups in total. The lowest BCUT2D eigenvalue weighted by atomic mass is 10.1. The Balaban J connectivity index is 1.61. The van der Waals surface area contributed by atoms with Gasteiger partial charge < -0.3 is 4.98 Å². The number of nitrogens with zero attached hydrogens (tertiary/aromatic N) is 2. The van der Waals surface area contributed by atoms with Crippen LogP contribution < -0.4 is 0 Å². The predicted octanol–water partition coefficient (Wildman–Crippen LogP) is 6.27. The van der Waals surface area contributed by atoms with Crippen LogP contribution in [0.1, 0.15) is 0 Å². The van der Waals surface area contributed by atoms with Crippen LogP contribution in [0.25, 0.3) is 43.6 Å². The third kappa shape index (κ3) is 2.56. The van der Waals surface area contributed by atoms with E-state index in [1.165, 1.54) is 10.8 Å². The molecule has 0 saturated carbocycles. The zero-order valence-electron chi connectivity index (χ0n) is 13.0. The average Bonchev–Trinajstić information content (AvgIpc) is 3.27. The Bertz CT molecular complexity index is 1220. The second-order valence-corrected chi connectivity index (χ2v) is 7.63. The quantitative estimate of drug-likeness (QED) is 0.376. The second kappa shape index (κ2) is 5.79. The minimum atomic E-state index is 0.874. The minimum Gasteiger partial charge on any atom is -0.345 e. The summed E-state index contributed by atoms with van der Waals surface area (Å²) in [5.41, 5.74) is 4.07. The summed E-state index contributed by atoms with van der Waals surface area (Å²) in [4.78, 5) is 12.5. The Morgan fingerprint density at radius 1 is 1.00 bits per heavy atom. The molecule has 3 heterocycles. The molecule has 0 aliphatic rings. The maximum atomic E-state index is 4.87. The number of pyridine rings is 1. The predicted molar refractivity (Wildman–Crippen MR) is 108 cm³/mol. The molecule has 0 aliphatic heterocycles. The first-order chi connectivity index (χ1) is 12.3. The number of aromatic amines is 1. The molecule has 0 aliphatic carbocycles. The maximum absolute atomic E-state index is 4.87. The van der Waals surface area contributed by atoms with Crippen molar-refractivity contribution < 1.29 is 0 Å². The standard InChI is InChI=1S/C20H12BrN3S/c21-15-8-16-17(10-23-19(16)22-9-15)18-11-25-20(24-18)14-6-5-12-3-1-2-4-13(12)7-14/h1-11H,(H,22,23). The highest BCUT2D eigenvalue weighted by Gasteiger charge is 2.12. The van der Waals surface area contributed by atoms with Gasteiger partial charge in [0.2, 0.25) is 0 Å². The zero-order chi connectivity index (χ0) is 16.8. The zero-order valence-corrected chi connectivity index (χ0v) is 15.4. The molecule has 0 saturated heterocycles. The lowest BCUT2D eigenvalue weighted by molar-refractivity contribution is 1.31. The van der Waals surface area contributed by atoms with Crippen molar-refractivity contribution in [2.75, 3.05) is 0 Å². The minimum absolute atomic E-state index is 0.874. The monoisotopic (exact) mass is 405 g/mol. The topological polar surface area (TPSA) is 41.6 Å². The van der Waals surface area contributed by atoms with E-state index in [4.69, 9.17) is 4.98 Å². The molecule has 0 spiro atoms. The highest BCUT2D eigenvalue weighted by molar-refractivity contribution is 9.10. The number of hydrogen-bond donors (Lipinski definition) is 1. The van der Waals surface area contributed by atoms with E-state index in [1.807, 2.05) is 6.20 Å². The Kier molecular flexibility index (Phi) is 3.43. The van der Waals surface area contributed by atoms with E-state index in [0.29, 0.717) is 0 Å². The van der Waals surface area contributed by atoms with Crippen molar-refractivity contribution in [3.8, 4) is 21.8 Å². The van der Waals surface area contributed by atoms with Crippen LogP contribution in [0.15, 0.2) is 70.8 Å². The van der Waals surface area contributed by atoms with Gasteiger partial charge in [-0.2, -0.15) is 0 Å². The van der Waals surface area contributed by atoms with Gasteiger partial charge in [-0.1, -0.05) is 36.4 Å². The SMILES string of the molecule is Brc1cnc2[nH]cc(-c3csc(-c4ccc5ccccc5c4)n3)c2c1. The molecule has 0 atom stereocenters. The van der Waals surface area contributed by atoms with Crippen molar-refractivity contribution in [2.45, 2.75) is 0 Å². The van der Waals surface area contributed by atoms with Crippen LogP contribution in [0.3, 0.4) is 0 Å². The molecule has 2 aromatic carbocycles. The van der Waals surface area contributed by atoms with Gasteiger partial charge in [0.05, 0.1) is 5.69 Å². The van der Waals surface area contributed by atoms with Crippen molar-refractivity contribution in [2.24, 2.45) is 0 Å². The summed E-state index contributed by atoms with van der Waals surface area (Å²) in [7, 11) is 0. The summed E-state index contributed by atoms with van der Waals surface area (Å²) >= 11 is 5.16. The van der Waals surface area contributed by atoms with E-state index in [9.17, 15) is 0 Å². The second-order valence-electron chi connectivity index (χ2n) is 5.85. The Labute approximate surface area is 156 Å². The van der Waals surface area contributed by atoms with E-state index in [0.717, 1.165) is 37.3 Å². The van der Waals surface area contributed by atoms with Crippen LogP contribution in [0.5, 0.6) is 0 Å². The first-order valence-corrected chi connectivity index (χ1v) is 9.53. The number of thiazole rings is 1. The highest BCUT2D eigenvalue weighted by Crippen LogP contribution is 2.34. The van der Waals surface area contributed by atoms with Crippen LogP contribution in [0.2, 0.25) is 0 Å². The molecule has 0 amide bonds. The summed E-state index contributed by atoms with van der Waals surface area (Å²) in [6.45, 7) is 0. The molecule has 5 aromatic rings. The van der Waals surface area contributed by atoms with E-state index in [-0.39, 0.29) is 0 Å². The maximum Gasteiger partial charge on any atom is 0.137 e. The van der Waals surface area contributed by atoms with Crippen LogP contribution >= 0.6 is 27.3 Å². The van der Waals surface area contributed by atoms with E-state index >= 15 is 0 Å². The number of hydrogen-bond acceptors (Lipinski definition) is 3. The van der Waals surface area contributed by atoms with Crippen molar-refractivity contribution in [3.63, 3.8) is 0 Å².